The van der Waals surface area contributed by atoms with Crippen LogP contribution in [-0.2, 0) is 11.3 Å². The van der Waals surface area contributed by atoms with Crippen molar-refractivity contribution in [2.45, 2.75) is 32.7 Å². The van der Waals surface area contributed by atoms with Crippen LogP contribution in [0.15, 0.2) is 36.7 Å². The minimum absolute atomic E-state index is 0.772. The first-order valence-electron chi connectivity index (χ1n) is 8.48. The van der Waals surface area contributed by atoms with Crippen molar-refractivity contribution < 1.29 is 4.74 Å². The number of rotatable bonds is 7. The highest BCUT2D eigenvalue weighted by Gasteiger charge is 2.14. The third kappa shape index (κ3) is 4.85. The number of aromatic nitrogens is 2. The molecule has 0 saturated carbocycles. The van der Waals surface area contributed by atoms with Gasteiger partial charge in [0, 0.05) is 43.3 Å². The molecule has 0 spiro atoms. The van der Waals surface area contributed by atoms with Crippen LogP contribution in [0.4, 0.5) is 0 Å². The van der Waals surface area contributed by atoms with Crippen LogP contribution >= 0.6 is 0 Å². The van der Waals surface area contributed by atoms with Gasteiger partial charge < -0.3 is 10.1 Å². The van der Waals surface area contributed by atoms with E-state index in [0.717, 1.165) is 49.2 Å². The van der Waals surface area contributed by atoms with Crippen molar-refractivity contribution in [3.05, 3.63) is 47.8 Å². The van der Waals surface area contributed by atoms with E-state index in [1.165, 1.54) is 24.8 Å². The zero-order chi connectivity index (χ0) is 15.9. The molecule has 0 amide bonds. The van der Waals surface area contributed by atoms with Crippen LogP contribution in [0.25, 0.3) is 11.4 Å². The Morgan fingerprint density at radius 2 is 2.13 bits per heavy atom. The van der Waals surface area contributed by atoms with Gasteiger partial charge in [0.1, 0.15) is 0 Å². The topological polar surface area (TPSA) is 47.0 Å². The highest BCUT2D eigenvalue weighted by molar-refractivity contribution is 5.55. The van der Waals surface area contributed by atoms with E-state index in [1.807, 2.05) is 24.5 Å². The minimum Gasteiger partial charge on any atom is -0.381 e. The van der Waals surface area contributed by atoms with E-state index >= 15 is 0 Å². The second-order valence-corrected chi connectivity index (χ2v) is 6.33. The Balaban J connectivity index is 1.42. The second kappa shape index (κ2) is 8.18. The number of hydrogen-bond acceptors (Lipinski definition) is 4. The molecule has 0 aliphatic carbocycles. The molecular weight excluding hydrogens is 286 g/mol. The predicted octanol–water partition coefficient (Wildman–Crippen LogP) is 3.36. The highest BCUT2D eigenvalue weighted by atomic mass is 16.5. The summed E-state index contributed by atoms with van der Waals surface area (Å²) < 4.78 is 5.40. The van der Waals surface area contributed by atoms with Crippen LogP contribution in [0.3, 0.4) is 0 Å². The van der Waals surface area contributed by atoms with Crippen molar-refractivity contribution in [2.24, 2.45) is 5.92 Å². The molecule has 2 heterocycles. The number of hydrogen-bond donors (Lipinski definition) is 1. The maximum atomic E-state index is 5.40. The zero-order valence-corrected chi connectivity index (χ0v) is 13.8. The summed E-state index contributed by atoms with van der Waals surface area (Å²) in [6, 6.07) is 8.28. The molecular formula is C19H25N3O. The lowest BCUT2D eigenvalue weighted by atomic mass is 10.0. The van der Waals surface area contributed by atoms with E-state index in [0.29, 0.717) is 0 Å². The van der Waals surface area contributed by atoms with Crippen LogP contribution in [-0.4, -0.2) is 29.7 Å². The van der Waals surface area contributed by atoms with Gasteiger partial charge in [0.05, 0.1) is 0 Å². The molecule has 2 aromatic rings. The molecule has 1 aliphatic heterocycles. The molecule has 3 rings (SSSR count). The van der Waals surface area contributed by atoms with Gasteiger partial charge in [-0.25, -0.2) is 9.97 Å². The highest BCUT2D eigenvalue weighted by Crippen LogP contribution is 2.17. The quantitative estimate of drug-likeness (QED) is 0.797. The molecule has 23 heavy (non-hydrogen) atoms. The molecule has 1 fully saturated rings. The van der Waals surface area contributed by atoms with Crippen molar-refractivity contribution in [3.8, 4) is 11.4 Å². The Morgan fingerprint density at radius 3 is 2.87 bits per heavy atom. The smallest absolute Gasteiger partial charge is 0.159 e. The lowest BCUT2D eigenvalue weighted by Crippen LogP contribution is -2.16. The van der Waals surface area contributed by atoms with Gasteiger partial charge in [0.2, 0.25) is 0 Å². The molecule has 1 atom stereocenters. The zero-order valence-electron chi connectivity index (χ0n) is 13.8. The summed E-state index contributed by atoms with van der Waals surface area (Å²) in [7, 11) is 0. The summed E-state index contributed by atoms with van der Waals surface area (Å²) in [5.74, 6) is 1.56. The van der Waals surface area contributed by atoms with Gasteiger partial charge in [-0.15, -0.1) is 0 Å². The van der Waals surface area contributed by atoms with E-state index in [1.54, 1.807) is 0 Å². The van der Waals surface area contributed by atoms with Gasteiger partial charge in [-0.2, -0.15) is 0 Å². The fraction of sp³-hybridized carbons (Fsp3) is 0.474. The van der Waals surface area contributed by atoms with E-state index in [-0.39, 0.29) is 0 Å². The molecule has 1 N–H and O–H groups in total. The second-order valence-electron chi connectivity index (χ2n) is 6.33. The fourth-order valence-electron chi connectivity index (χ4n) is 2.94. The van der Waals surface area contributed by atoms with E-state index < -0.39 is 0 Å². The van der Waals surface area contributed by atoms with E-state index in [4.69, 9.17) is 4.74 Å². The Hall–Kier alpha value is -1.78. The monoisotopic (exact) mass is 311 g/mol. The normalized spacial score (nSPS) is 17.5. The summed E-state index contributed by atoms with van der Waals surface area (Å²) in [4.78, 5) is 8.97. The van der Waals surface area contributed by atoms with Crippen molar-refractivity contribution in [1.29, 1.82) is 0 Å². The lowest BCUT2D eigenvalue weighted by Gasteiger charge is -2.08. The Labute approximate surface area is 138 Å². The van der Waals surface area contributed by atoms with Crippen LogP contribution in [0.5, 0.6) is 0 Å². The predicted molar refractivity (Wildman–Crippen MR) is 92.1 cm³/mol. The van der Waals surface area contributed by atoms with E-state index in [9.17, 15) is 0 Å². The van der Waals surface area contributed by atoms with Crippen LogP contribution in [0.1, 0.15) is 30.4 Å². The van der Waals surface area contributed by atoms with Gasteiger partial charge in [-0.3, -0.25) is 0 Å². The average Bonchev–Trinajstić information content (AvgIpc) is 3.08. The first-order chi connectivity index (χ1) is 11.3. The first-order valence-corrected chi connectivity index (χ1v) is 8.48. The van der Waals surface area contributed by atoms with Crippen LogP contribution in [0, 0.1) is 12.8 Å². The maximum absolute atomic E-state index is 5.40. The molecule has 1 aliphatic rings. The summed E-state index contributed by atoms with van der Waals surface area (Å²) in [5, 5.41) is 3.47. The fourth-order valence-corrected chi connectivity index (χ4v) is 2.94. The minimum atomic E-state index is 0.772. The van der Waals surface area contributed by atoms with Gasteiger partial charge >= 0.3 is 0 Å². The molecule has 0 bridgehead atoms. The summed E-state index contributed by atoms with van der Waals surface area (Å²) in [6.45, 7) is 5.85. The Morgan fingerprint density at radius 1 is 1.26 bits per heavy atom. The largest absolute Gasteiger partial charge is 0.381 e. The maximum Gasteiger partial charge on any atom is 0.159 e. The molecule has 0 unspecified atom stereocenters. The van der Waals surface area contributed by atoms with Gasteiger partial charge in [-0.05, 0) is 44.7 Å². The van der Waals surface area contributed by atoms with E-state index in [2.05, 4.69) is 34.3 Å². The molecule has 1 aromatic heterocycles. The van der Waals surface area contributed by atoms with Crippen molar-refractivity contribution in [2.75, 3.05) is 19.8 Å². The lowest BCUT2D eigenvalue weighted by molar-refractivity contribution is 0.184. The average molecular weight is 311 g/mol. The molecule has 1 aromatic carbocycles. The molecule has 4 heteroatoms. The van der Waals surface area contributed by atoms with Gasteiger partial charge in [-0.1, -0.05) is 23.8 Å². The molecule has 0 radical (unpaired) electrons. The number of aryl methyl sites for hydroxylation is 1. The van der Waals surface area contributed by atoms with Crippen molar-refractivity contribution >= 4 is 0 Å². The Kier molecular flexibility index (Phi) is 5.72. The van der Waals surface area contributed by atoms with Gasteiger partial charge in [0.25, 0.3) is 0 Å². The number of benzene rings is 1. The Bertz CT molecular complexity index is 606. The number of nitrogens with one attached hydrogen (secondary N) is 1. The number of nitrogens with zero attached hydrogens (tertiary/aromatic N) is 2. The van der Waals surface area contributed by atoms with Crippen LogP contribution < -0.4 is 5.32 Å². The standard InChI is InChI=1S/C19H25N3O/c1-15-4-2-6-18(10-15)19-21-12-17(13-22-19)11-20-8-3-5-16-7-9-23-14-16/h2,4,6,10,12-13,16,20H,3,5,7-9,11,14H2,1H3/t16-/m1/s1. The third-order valence-electron chi connectivity index (χ3n) is 4.30. The third-order valence-corrected chi connectivity index (χ3v) is 4.30. The van der Waals surface area contributed by atoms with Crippen molar-refractivity contribution in [3.63, 3.8) is 0 Å². The first kappa shape index (κ1) is 16.1. The van der Waals surface area contributed by atoms with Crippen LogP contribution in [0.2, 0.25) is 0 Å². The summed E-state index contributed by atoms with van der Waals surface area (Å²) in [5.41, 5.74) is 3.43. The summed E-state index contributed by atoms with van der Waals surface area (Å²) >= 11 is 0. The van der Waals surface area contributed by atoms with Gasteiger partial charge in [0.15, 0.2) is 5.82 Å². The number of ether oxygens (including phenoxy) is 1. The van der Waals surface area contributed by atoms with Crippen molar-refractivity contribution in [1.82, 2.24) is 15.3 Å². The molecule has 122 valence electrons. The molecule has 4 nitrogen and oxygen atoms in total. The SMILES string of the molecule is Cc1cccc(-c2ncc(CNCCC[C@@H]3CCOC3)cn2)c1. The summed E-state index contributed by atoms with van der Waals surface area (Å²) in [6.07, 6.45) is 7.53. The molecule has 1 saturated heterocycles.